The second-order valence-electron chi connectivity index (χ2n) is 5.01. The van der Waals surface area contributed by atoms with Gasteiger partial charge in [0.15, 0.2) is 0 Å². The predicted octanol–water partition coefficient (Wildman–Crippen LogP) is 2.74. The standard InChI is InChI=1S/C12H18N2/c1-12(2,3)11-7-9-5-4-6-13-10(9)8-14-11/h7-8,13H,4-6H2,1-3H3. The zero-order valence-corrected chi connectivity index (χ0v) is 9.22. The summed E-state index contributed by atoms with van der Waals surface area (Å²) < 4.78 is 0. The molecule has 0 spiro atoms. The first-order chi connectivity index (χ1) is 6.57. The van der Waals surface area contributed by atoms with Gasteiger partial charge in [-0.25, -0.2) is 0 Å². The lowest BCUT2D eigenvalue weighted by Gasteiger charge is -2.22. The zero-order valence-electron chi connectivity index (χ0n) is 9.22. The molecule has 2 nitrogen and oxygen atoms in total. The topological polar surface area (TPSA) is 24.9 Å². The van der Waals surface area contributed by atoms with Crippen molar-refractivity contribution in [3.05, 3.63) is 23.5 Å². The van der Waals surface area contributed by atoms with Gasteiger partial charge in [-0.1, -0.05) is 20.8 Å². The molecule has 2 rings (SSSR count). The monoisotopic (exact) mass is 190 g/mol. The van der Waals surface area contributed by atoms with Gasteiger partial charge in [0.2, 0.25) is 0 Å². The lowest BCUT2D eigenvalue weighted by molar-refractivity contribution is 0.567. The molecule has 0 aromatic carbocycles. The van der Waals surface area contributed by atoms with E-state index in [4.69, 9.17) is 0 Å². The van der Waals surface area contributed by atoms with Gasteiger partial charge in [0.1, 0.15) is 0 Å². The van der Waals surface area contributed by atoms with E-state index in [0.29, 0.717) is 0 Å². The zero-order chi connectivity index (χ0) is 10.2. The normalized spacial score (nSPS) is 15.9. The summed E-state index contributed by atoms with van der Waals surface area (Å²) in [5.41, 5.74) is 4.01. The molecule has 0 fully saturated rings. The van der Waals surface area contributed by atoms with Crippen LogP contribution in [-0.4, -0.2) is 11.5 Å². The Hall–Kier alpha value is -1.05. The lowest BCUT2D eigenvalue weighted by atomic mass is 9.89. The highest BCUT2D eigenvalue weighted by Gasteiger charge is 2.18. The Balaban J connectivity index is 2.39. The van der Waals surface area contributed by atoms with Gasteiger partial charge in [0.05, 0.1) is 11.9 Å². The molecule has 0 atom stereocenters. The first-order valence-electron chi connectivity index (χ1n) is 5.30. The number of nitrogens with one attached hydrogen (secondary N) is 1. The second-order valence-corrected chi connectivity index (χ2v) is 5.01. The van der Waals surface area contributed by atoms with E-state index < -0.39 is 0 Å². The summed E-state index contributed by atoms with van der Waals surface area (Å²) in [5.74, 6) is 0. The highest BCUT2D eigenvalue weighted by molar-refractivity contribution is 5.52. The van der Waals surface area contributed by atoms with Crippen LogP contribution in [0.25, 0.3) is 0 Å². The highest BCUT2D eigenvalue weighted by atomic mass is 14.9. The number of fused-ring (bicyclic) bond motifs is 1. The molecule has 1 aliphatic heterocycles. The molecule has 1 aromatic heterocycles. The Morgan fingerprint density at radius 2 is 2.14 bits per heavy atom. The maximum absolute atomic E-state index is 4.50. The average molecular weight is 190 g/mol. The Bertz CT molecular complexity index is 337. The number of hydrogen-bond donors (Lipinski definition) is 1. The molecule has 76 valence electrons. The Morgan fingerprint density at radius 1 is 1.36 bits per heavy atom. The van der Waals surface area contributed by atoms with E-state index in [1.165, 1.54) is 29.8 Å². The molecule has 1 aromatic rings. The van der Waals surface area contributed by atoms with Crippen LogP contribution in [0, 0.1) is 0 Å². The van der Waals surface area contributed by atoms with Gasteiger partial charge in [-0.2, -0.15) is 0 Å². The summed E-state index contributed by atoms with van der Waals surface area (Å²) in [6, 6.07) is 2.25. The number of rotatable bonds is 0. The van der Waals surface area contributed by atoms with E-state index in [1.807, 2.05) is 6.20 Å². The number of pyridine rings is 1. The minimum atomic E-state index is 0.159. The van der Waals surface area contributed by atoms with Gasteiger partial charge in [0, 0.05) is 17.7 Å². The van der Waals surface area contributed by atoms with Crippen LogP contribution in [0.3, 0.4) is 0 Å². The summed E-state index contributed by atoms with van der Waals surface area (Å²) in [4.78, 5) is 4.50. The lowest BCUT2D eigenvalue weighted by Crippen LogP contribution is -2.17. The summed E-state index contributed by atoms with van der Waals surface area (Å²) in [6.07, 6.45) is 4.41. The van der Waals surface area contributed by atoms with Crippen LogP contribution < -0.4 is 5.32 Å². The molecule has 1 N–H and O–H groups in total. The van der Waals surface area contributed by atoms with E-state index in [0.717, 1.165) is 6.54 Å². The molecule has 0 aliphatic carbocycles. The van der Waals surface area contributed by atoms with Crippen molar-refractivity contribution in [2.45, 2.75) is 39.0 Å². The molecule has 2 heteroatoms. The second kappa shape index (κ2) is 3.26. The molecule has 0 amide bonds. The van der Waals surface area contributed by atoms with Crippen molar-refractivity contribution in [1.82, 2.24) is 4.98 Å². The third-order valence-corrected chi connectivity index (χ3v) is 2.70. The van der Waals surface area contributed by atoms with Crippen LogP contribution in [0.4, 0.5) is 5.69 Å². The van der Waals surface area contributed by atoms with Gasteiger partial charge in [-0.3, -0.25) is 4.98 Å². The Labute approximate surface area is 85.7 Å². The first-order valence-corrected chi connectivity index (χ1v) is 5.30. The van der Waals surface area contributed by atoms with Crippen molar-refractivity contribution in [1.29, 1.82) is 0 Å². The quantitative estimate of drug-likeness (QED) is 0.680. The molecule has 0 saturated heterocycles. The molecule has 14 heavy (non-hydrogen) atoms. The van der Waals surface area contributed by atoms with Crippen LogP contribution in [-0.2, 0) is 11.8 Å². The third kappa shape index (κ3) is 1.74. The fraction of sp³-hybridized carbons (Fsp3) is 0.583. The van der Waals surface area contributed by atoms with Gasteiger partial charge >= 0.3 is 0 Å². The first kappa shape index (κ1) is 9.50. The molecule has 0 radical (unpaired) electrons. The number of nitrogens with zero attached hydrogens (tertiary/aromatic N) is 1. The van der Waals surface area contributed by atoms with Gasteiger partial charge < -0.3 is 5.32 Å². The highest BCUT2D eigenvalue weighted by Crippen LogP contribution is 2.26. The number of anilines is 1. The minimum absolute atomic E-state index is 0.159. The third-order valence-electron chi connectivity index (χ3n) is 2.70. The van der Waals surface area contributed by atoms with Crippen molar-refractivity contribution in [2.75, 3.05) is 11.9 Å². The molecule has 1 aliphatic rings. The minimum Gasteiger partial charge on any atom is -0.384 e. The largest absolute Gasteiger partial charge is 0.384 e. The van der Waals surface area contributed by atoms with Gasteiger partial charge in [-0.05, 0) is 24.5 Å². The van der Waals surface area contributed by atoms with Crippen molar-refractivity contribution in [2.24, 2.45) is 0 Å². The van der Waals surface area contributed by atoms with Gasteiger partial charge in [0.25, 0.3) is 0 Å². The molecule has 0 unspecified atom stereocenters. The van der Waals surface area contributed by atoms with E-state index in [9.17, 15) is 0 Å². The smallest absolute Gasteiger partial charge is 0.0559 e. The van der Waals surface area contributed by atoms with Crippen molar-refractivity contribution >= 4 is 5.69 Å². The Morgan fingerprint density at radius 3 is 2.86 bits per heavy atom. The Kier molecular flexibility index (Phi) is 2.22. The van der Waals surface area contributed by atoms with E-state index in [2.05, 4.69) is 37.1 Å². The van der Waals surface area contributed by atoms with Crippen LogP contribution in [0.5, 0.6) is 0 Å². The maximum atomic E-state index is 4.50. The molecular weight excluding hydrogens is 172 g/mol. The number of aromatic nitrogens is 1. The summed E-state index contributed by atoms with van der Waals surface area (Å²) in [5, 5.41) is 3.38. The number of aryl methyl sites for hydroxylation is 1. The van der Waals surface area contributed by atoms with E-state index in [1.54, 1.807) is 0 Å². The molecule has 0 saturated carbocycles. The SMILES string of the molecule is CC(C)(C)c1cc2c(cn1)NCCC2. The van der Waals surface area contributed by atoms with Crippen molar-refractivity contribution in [3.63, 3.8) is 0 Å². The predicted molar refractivity (Wildman–Crippen MR) is 59.7 cm³/mol. The van der Waals surface area contributed by atoms with Gasteiger partial charge in [-0.15, -0.1) is 0 Å². The van der Waals surface area contributed by atoms with Crippen LogP contribution >= 0.6 is 0 Å². The average Bonchev–Trinajstić information content (AvgIpc) is 2.16. The summed E-state index contributed by atoms with van der Waals surface area (Å²) in [6.45, 7) is 7.71. The van der Waals surface area contributed by atoms with E-state index in [-0.39, 0.29) is 5.41 Å². The van der Waals surface area contributed by atoms with Crippen molar-refractivity contribution < 1.29 is 0 Å². The molecular formula is C12H18N2. The molecule has 0 bridgehead atoms. The number of hydrogen-bond acceptors (Lipinski definition) is 2. The molecule has 2 heterocycles. The van der Waals surface area contributed by atoms with Crippen molar-refractivity contribution in [3.8, 4) is 0 Å². The summed E-state index contributed by atoms with van der Waals surface area (Å²) in [7, 11) is 0. The maximum Gasteiger partial charge on any atom is 0.0559 e. The van der Waals surface area contributed by atoms with E-state index >= 15 is 0 Å². The van der Waals surface area contributed by atoms with Crippen LogP contribution in [0.2, 0.25) is 0 Å². The summed E-state index contributed by atoms with van der Waals surface area (Å²) >= 11 is 0. The fourth-order valence-electron chi connectivity index (χ4n) is 1.78. The fourth-order valence-corrected chi connectivity index (χ4v) is 1.78. The van der Waals surface area contributed by atoms with Crippen LogP contribution in [0.15, 0.2) is 12.3 Å². The van der Waals surface area contributed by atoms with Crippen LogP contribution in [0.1, 0.15) is 38.4 Å².